The first-order valence-corrected chi connectivity index (χ1v) is 9.04. The van der Waals surface area contributed by atoms with E-state index in [1.54, 1.807) is 25.3 Å². The van der Waals surface area contributed by atoms with Gasteiger partial charge < -0.3 is 14.4 Å². The van der Waals surface area contributed by atoms with E-state index in [4.69, 9.17) is 21.1 Å². The topological polar surface area (TPSA) is 38.8 Å². The number of nitrogens with zero attached hydrogens (tertiary/aromatic N) is 1. The van der Waals surface area contributed by atoms with Gasteiger partial charge in [-0.2, -0.15) is 0 Å². The Labute approximate surface area is 159 Å². The number of benzene rings is 2. The summed E-state index contributed by atoms with van der Waals surface area (Å²) in [6, 6.07) is 11.8. The molecule has 0 spiro atoms. The van der Waals surface area contributed by atoms with Crippen molar-refractivity contribution in [2.24, 2.45) is 0 Å². The van der Waals surface area contributed by atoms with Crippen molar-refractivity contribution in [3.63, 3.8) is 0 Å². The second kappa shape index (κ2) is 8.28. The molecule has 3 rings (SSSR count). The van der Waals surface area contributed by atoms with Gasteiger partial charge in [-0.25, -0.2) is 0 Å². The molecule has 0 radical (unpaired) electrons. The molecule has 0 saturated heterocycles. The zero-order chi connectivity index (χ0) is 18.5. The summed E-state index contributed by atoms with van der Waals surface area (Å²) < 4.78 is 10.9. The first-order valence-electron chi connectivity index (χ1n) is 8.66. The molecular weight excluding hydrogens is 350 g/mol. The molecule has 0 saturated carbocycles. The van der Waals surface area contributed by atoms with Crippen LogP contribution in [0.1, 0.15) is 23.6 Å². The number of carbonyl (C=O) groups is 1. The van der Waals surface area contributed by atoms with E-state index in [1.807, 2.05) is 30.0 Å². The molecule has 1 aliphatic heterocycles. The van der Waals surface area contributed by atoms with Crippen LogP contribution < -0.4 is 9.47 Å². The van der Waals surface area contributed by atoms with Crippen molar-refractivity contribution in [2.45, 2.75) is 19.9 Å². The summed E-state index contributed by atoms with van der Waals surface area (Å²) >= 11 is 6.26. The monoisotopic (exact) mass is 371 g/mol. The Hall–Kier alpha value is -2.46. The van der Waals surface area contributed by atoms with Crippen LogP contribution in [0, 0.1) is 0 Å². The molecule has 0 unspecified atom stereocenters. The van der Waals surface area contributed by atoms with Crippen molar-refractivity contribution in [1.82, 2.24) is 4.90 Å². The molecule has 0 aromatic heterocycles. The minimum Gasteiger partial charge on any atom is -0.491 e. The number of halogens is 1. The van der Waals surface area contributed by atoms with Gasteiger partial charge >= 0.3 is 0 Å². The summed E-state index contributed by atoms with van der Waals surface area (Å²) in [6.07, 6.45) is 4.23. The van der Waals surface area contributed by atoms with Gasteiger partial charge in [0.1, 0.15) is 0 Å². The normalized spacial score (nSPS) is 13.6. The first kappa shape index (κ1) is 18.3. The molecule has 2 aromatic rings. The Kier molecular flexibility index (Phi) is 5.84. The van der Waals surface area contributed by atoms with E-state index in [1.165, 1.54) is 11.1 Å². The molecule has 2 aromatic carbocycles. The number of carbonyl (C=O) groups excluding carboxylic acids is 1. The van der Waals surface area contributed by atoms with E-state index in [-0.39, 0.29) is 5.91 Å². The quantitative estimate of drug-likeness (QED) is 0.733. The van der Waals surface area contributed by atoms with E-state index < -0.39 is 0 Å². The van der Waals surface area contributed by atoms with Crippen LogP contribution in [-0.2, 0) is 17.8 Å². The van der Waals surface area contributed by atoms with E-state index >= 15 is 0 Å². The summed E-state index contributed by atoms with van der Waals surface area (Å²) in [7, 11) is 1.55. The van der Waals surface area contributed by atoms with Crippen LogP contribution in [0.2, 0.25) is 5.02 Å². The molecule has 1 amide bonds. The minimum absolute atomic E-state index is 0.00981. The lowest BCUT2D eigenvalue weighted by Crippen LogP contribution is -2.34. The number of hydrogen-bond donors (Lipinski definition) is 0. The maximum absolute atomic E-state index is 12.6. The maximum atomic E-state index is 12.6. The smallest absolute Gasteiger partial charge is 0.246 e. The van der Waals surface area contributed by atoms with Gasteiger partial charge in [-0.3, -0.25) is 4.79 Å². The van der Waals surface area contributed by atoms with Crippen LogP contribution in [0.3, 0.4) is 0 Å². The van der Waals surface area contributed by atoms with E-state index in [0.717, 1.165) is 18.5 Å². The number of ether oxygens (including phenoxy) is 2. The highest BCUT2D eigenvalue weighted by Gasteiger charge is 2.18. The summed E-state index contributed by atoms with van der Waals surface area (Å²) in [4.78, 5) is 14.4. The Morgan fingerprint density at radius 1 is 1.27 bits per heavy atom. The highest BCUT2D eigenvalue weighted by Crippen LogP contribution is 2.36. The molecule has 0 fully saturated rings. The summed E-state index contributed by atoms with van der Waals surface area (Å²) in [6.45, 7) is 3.78. The second-order valence-electron chi connectivity index (χ2n) is 6.08. The second-order valence-corrected chi connectivity index (χ2v) is 6.49. The molecule has 1 aliphatic rings. The van der Waals surface area contributed by atoms with E-state index in [9.17, 15) is 4.79 Å². The molecule has 5 heteroatoms. The number of hydrogen-bond acceptors (Lipinski definition) is 3. The van der Waals surface area contributed by atoms with Gasteiger partial charge in [0.2, 0.25) is 5.91 Å². The number of methoxy groups -OCH3 is 1. The number of rotatable bonds is 5. The molecule has 0 bridgehead atoms. The Morgan fingerprint density at radius 2 is 2.04 bits per heavy atom. The van der Waals surface area contributed by atoms with Gasteiger partial charge in [0.15, 0.2) is 11.5 Å². The van der Waals surface area contributed by atoms with Crippen molar-refractivity contribution in [3.05, 3.63) is 64.2 Å². The first-order chi connectivity index (χ1) is 12.6. The SMILES string of the molecule is CCOc1cc(/C=C/C(=O)N2CCc3ccccc3C2)cc(Cl)c1OC. The third-order valence-electron chi connectivity index (χ3n) is 4.40. The summed E-state index contributed by atoms with van der Waals surface area (Å²) in [5.74, 6) is 1.07. The van der Waals surface area contributed by atoms with Gasteiger partial charge in [0.05, 0.1) is 18.7 Å². The van der Waals surface area contributed by atoms with Gasteiger partial charge in [0.25, 0.3) is 0 Å². The van der Waals surface area contributed by atoms with Gasteiger partial charge in [-0.1, -0.05) is 35.9 Å². The molecule has 26 heavy (non-hydrogen) atoms. The molecular formula is C21H22ClNO3. The third-order valence-corrected chi connectivity index (χ3v) is 4.68. The highest BCUT2D eigenvalue weighted by atomic mass is 35.5. The Morgan fingerprint density at radius 3 is 2.77 bits per heavy atom. The standard InChI is InChI=1S/C21H22ClNO3/c1-3-26-19-13-15(12-18(22)21(19)25-2)8-9-20(24)23-11-10-16-6-4-5-7-17(16)14-23/h4-9,12-13H,3,10-11,14H2,1-2H3/b9-8+. The fraction of sp³-hybridized carbons (Fsp3) is 0.286. The fourth-order valence-corrected chi connectivity index (χ4v) is 3.40. The summed E-state index contributed by atoms with van der Waals surface area (Å²) in [5.41, 5.74) is 3.33. The average Bonchev–Trinajstić information content (AvgIpc) is 2.66. The zero-order valence-corrected chi connectivity index (χ0v) is 15.8. The van der Waals surface area contributed by atoms with Crippen LogP contribution in [0.4, 0.5) is 0 Å². The van der Waals surface area contributed by atoms with Crippen LogP contribution in [-0.4, -0.2) is 31.1 Å². The number of amides is 1. The Bertz CT molecular complexity index is 832. The van der Waals surface area contributed by atoms with Crippen molar-refractivity contribution >= 4 is 23.6 Å². The lowest BCUT2D eigenvalue weighted by Gasteiger charge is -2.27. The van der Waals surface area contributed by atoms with Gasteiger partial charge in [-0.15, -0.1) is 0 Å². The maximum Gasteiger partial charge on any atom is 0.246 e. The number of fused-ring (bicyclic) bond motifs is 1. The van der Waals surface area contributed by atoms with Gasteiger partial charge in [0, 0.05) is 19.2 Å². The molecule has 0 atom stereocenters. The minimum atomic E-state index is -0.00981. The van der Waals surface area contributed by atoms with E-state index in [0.29, 0.717) is 29.7 Å². The summed E-state index contributed by atoms with van der Waals surface area (Å²) in [5, 5.41) is 0.456. The predicted molar refractivity (Wildman–Crippen MR) is 104 cm³/mol. The molecule has 1 heterocycles. The van der Waals surface area contributed by atoms with Crippen LogP contribution in [0.15, 0.2) is 42.5 Å². The molecule has 136 valence electrons. The lowest BCUT2D eigenvalue weighted by atomic mass is 10.00. The Balaban J connectivity index is 1.74. The largest absolute Gasteiger partial charge is 0.491 e. The van der Waals surface area contributed by atoms with Crippen molar-refractivity contribution < 1.29 is 14.3 Å². The van der Waals surface area contributed by atoms with Crippen LogP contribution in [0.25, 0.3) is 6.08 Å². The van der Waals surface area contributed by atoms with Gasteiger partial charge in [-0.05, 0) is 48.2 Å². The van der Waals surface area contributed by atoms with Crippen molar-refractivity contribution in [3.8, 4) is 11.5 Å². The third kappa shape index (κ3) is 4.02. The highest BCUT2D eigenvalue weighted by molar-refractivity contribution is 6.32. The van der Waals surface area contributed by atoms with Crippen molar-refractivity contribution in [1.29, 1.82) is 0 Å². The predicted octanol–water partition coefficient (Wildman–Crippen LogP) is 4.35. The average molecular weight is 372 g/mol. The molecule has 0 aliphatic carbocycles. The van der Waals surface area contributed by atoms with Crippen LogP contribution >= 0.6 is 11.6 Å². The molecule has 0 N–H and O–H groups in total. The van der Waals surface area contributed by atoms with Crippen LogP contribution in [0.5, 0.6) is 11.5 Å². The zero-order valence-electron chi connectivity index (χ0n) is 15.0. The lowest BCUT2D eigenvalue weighted by molar-refractivity contribution is -0.126. The fourth-order valence-electron chi connectivity index (χ4n) is 3.10. The van der Waals surface area contributed by atoms with E-state index in [2.05, 4.69) is 12.1 Å². The molecule has 4 nitrogen and oxygen atoms in total. The van der Waals surface area contributed by atoms with Crippen molar-refractivity contribution in [2.75, 3.05) is 20.3 Å².